The number of amides is 2. The number of carbonyl (C=O) groups is 2. The number of aliphatic imine (C=N–C) groups is 2. The lowest BCUT2D eigenvalue weighted by atomic mass is 9.88. The van der Waals surface area contributed by atoms with Gasteiger partial charge in [0.05, 0.1) is 11.3 Å². The van der Waals surface area contributed by atoms with E-state index in [9.17, 15) is 14.0 Å². The highest BCUT2D eigenvalue weighted by molar-refractivity contribution is 6.24. The van der Waals surface area contributed by atoms with Crippen LogP contribution in [-0.4, -0.2) is 72.3 Å². The van der Waals surface area contributed by atoms with Crippen LogP contribution in [0.4, 0.5) is 10.1 Å². The fraction of sp³-hybridized carbons (Fsp3) is 0.308. The minimum atomic E-state index is -1.03. The fourth-order valence-electron chi connectivity index (χ4n) is 4.66. The van der Waals surface area contributed by atoms with Gasteiger partial charge in [0.1, 0.15) is 17.3 Å². The van der Waals surface area contributed by atoms with E-state index in [0.717, 1.165) is 18.7 Å². The van der Waals surface area contributed by atoms with Crippen LogP contribution in [0.5, 0.6) is 0 Å². The maximum absolute atomic E-state index is 13.8. The van der Waals surface area contributed by atoms with Crippen LogP contribution in [0.25, 0.3) is 0 Å². The third-order valence-electron chi connectivity index (χ3n) is 6.64. The Kier molecular flexibility index (Phi) is 5.61. The molecule has 8 heteroatoms. The molecule has 174 valence electrons. The molecule has 2 aromatic rings. The Balaban J connectivity index is 1.56. The summed E-state index contributed by atoms with van der Waals surface area (Å²) in [5.41, 5.74) is 1.80. The molecule has 34 heavy (non-hydrogen) atoms. The molecule has 0 radical (unpaired) electrons. The van der Waals surface area contributed by atoms with E-state index in [-0.39, 0.29) is 11.8 Å². The quantitative estimate of drug-likeness (QED) is 0.715. The summed E-state index contributed by atoms with van der Waals surface area (Å²) in [4.78, 5) is 39.9. The van der Waals surface area contributed by atoms with Crippen molar-refractivity contribution in [1.82, 2.24) is 9.80 Å². The van der Waals surface area contributed by atoms with Gasteiger partial charge in [-0.1, -0.05) is 36.4 Å². The molecule has 1 N–H and O–H groups in total. The summed E-state index contributed by atoms with van der Waals surface area (Å²) in [6.45, 7) is 4.74. The Bertz CT molecular complexity index is 1230. The third-order valence-corrected chi connectivity index (χ3v) is 6.64. The molecule has 1 saturated heterocycles. The Morgan fingerprint density at radius 3 is 2.62 bits per heavy atom. The van der Waals surface area contributed by atoms with E-state index in [0.29, 0.717) is 35.6 Å². The number of nitrogens with zero attached hydrogens (tertiary/aromatic N) is 4. The standard InChI is InChI=1S/C26H26FN5O2/c1-26(16-28-15-20(26)25(34)32-12-10-31(2)11-13-32)30-23(17-6-4-3-5-7-17)22-19-9-8-18(27)14-21(19)29-24(22)33/h3-9,14-16,22H,10-13H2,1-2H3,(H,29,33). The molecule has 2 atom stereocenters. The predicted octanol–water partition coefficient (Wildman–Crippen LogP) is 2.85. The summed E-state index contributed by atoms with van der Waals surface area (Å²) in [5.74, 6) is -1.53. The Labute approximate surface area is 197 Å². The lowest BCUT2D eigenvalue weighted by molar-refractivity contribution is -0.129. The molecular weight excluding hydrogens is 433 g/mol. The van der Waals surface area contributed by atoms with Crippen LogP contribution in [0, 0.1) is 5.82 Å². The van der Waals surface area contributed by atoms with Gasteiger partial charge < -0.3 is 15.1 Å². The SMILES string of the molecule is CN1CCN(C(=O)C2=CN=CC2(C)N=C(c2ccccc2)C2C(=O)Nc3cc(F)ccc32)CC1. The maximum Gasteiger partial charge on any atom is 0.254 e. The molecule has 1 fully saturated rings. The maximum atomic E-state index is 13.8. The molecule has 2 aromatic carbocycles. The summed E-state index contributed by atoms with van der Waals surface area (Å²) in [5, 5.41) is 2.78. The molecule has 3 aliphatic rings. The van der Waals surface area contributed by atoms with Gasteiger partial charge >= 0.3 is 0 Å². The number of anilines is 1. The van der Waals surface area contributed by atoms with E-state index in [1.54, 1.807) is 18.5 Å². The van der Waals surface area contributed by atoms with Crippen LogP contribution in [0.3, 0.4) is 0 Å². The molecule has 0 aromatic heterocycles. The van der Waals surface area contributed by atoms with Crippen molar-refractivity contribution in [3.05, 3.63) is 77.2 Å². The minimum absolute atomic E-state index is 0.0948. The molecule has 2 amide bonds. The van der Waals surface area contributed by atoms with Crippen molar-refractivity contribution < 1.29 is 14.0 Å². The first-order valence-electron chi connectivity index (χ1n) is 11.3. The highest BCUT2D eigenvalue weighted by Gasteiger charge is 2.41. The van der Waals surface area contributed by atoms with E-state index in [4.69, 9.17) is 4.99 Å². The highest BCUT2D eigenvalue weighted by atomic mass is 19.1. The van der Waals surface area contributed by atoms with Gasteiger partial charge in [-0.25, -0.2) is 4.39 Å². The lowest BCUT2D eigenvalue weighted by Crippen LogP contribution is -2.49. The smallest absolute Gasteiger partial charge is 0.254 e. The monoisotopic (exact) mass is 459 g/mol. The summed E-state index contributed by atoms with van der Waals surface area (Å²) < 4.78 is 13.8. The molecule has 5 rings (SSSR count). The van der Waals surface area contributed by atoms with Gasteiger partial charge in [-0.05, 0) is 37.2 Å². The second kappa shape index (κ2) is 8.61. The first-order valence-corrected chi connectivity index (χ1v) is 11.3. The van der Waals surface area contributed by atoms with Crippen LogP contribution in [-0.2, 0) is 9.59 Å². The fourth-order valence-corrected chi connectivity index (χ4v) is 4.66. The number of piperazine rings is 1. The van der Waals surface area contributed by atoms with Crippen LogP contribution in [0.15, 0.2) is 70.3 Å². The molecular formula is C26H26FN5O2. The number of hydrogen-bond donors (Lipinski definition) is 1. The zero-order valence-corrected chi connectivity index (χ0v) is 19.2. The van der Waals surface area contributed by atoms with E-state index in [1.165, 1.54) is 12.1 Å². The van der Waals surface area contributed by atoms with Crippen molar-refractivity contribution in [3.63, 3.8) is 0 Å². The normalized spacial score (nSPS) is 24.7. The molecule has 0 saturated carbocycles. The summed E-state index contributed by atoms with van der Waals surface area (Å²) in [6.07, 6.45) is 3.22. The number of likely N-dealkylation sites (N-methyl/N-ethyl adjacent to an activating group) is 1. The van der Waals surface area contributed by atoms with Gasteiger partial charge in [0.2, 0.25) is 5.91 Å². The van der Waals surface area contributed by atoms with Gasteiger partial charge in [0.25, 0.3) is 5.91 Å². The van der Waals surface area contributed by atoms with Crippen molar-refractivity contribution in [2.45, 2.75) is 18.4 Å². The van der Waals surface area contributed by atoms with Crippen LogP contribution in [0.2, 0.25) is 0 Å². The zero-order chi connectivity index (χ0) is 23.9. The first kappa shape index (κ1) is 22.2. The van der Waals surface area contributed by atoms with Crippen LogP contribution in [0.1, 0.15) is 24.0 Å². The second-order valence-electron chi connectivity index (χ2n) is 9.08. The largest absolute Gasteiger partial charge is 0.336 e. The molecule has 0 spiro atoms. The summed E-state index contributed by atoms with van der Waals surface area (Å²) in [6, 6.07) is 13.7. The van der Waals surface area contributed by atoms with Crippen molar-refractivity contribution >= 4 is 29.4 Å². The van der Waals surface area contributed by atoms with Crippen molar-refractivity contribution in [3.8, 4) is 0 Å². The number of halogens is 1. The molecule has 0 aliphatic carbocycles. The number of nitrogens with one attached hydrogen (secondary N) is 1. The summed E-state index contributed by atoms with van der Waals surface area (Å²) in [7, 11) is 2.04. The topological polar surface area (TPSA) is 77.4 Å². The lowest BCUT2D eigenvalue weighted by Gasteiger charge is -2.34. The number of fused-ring (bicyclic) bond motifs is 1. The molecule has 2 unspecified atom stereocenters. The van der Waals surface area contributed by atoms with Crippen LogP contribution >= 0.6 is 0 Å². The third kappa shape index (κ3) is 3.94. The Hall–Kier alpha value is -3.65. The predicted molar refractivity (Wildman–Crippen MR) is 130 cm³/mol. The summed E-state index contributed by atoms with van der Waals surface area (Å²) >= 11 is 0. The number of carbonyl (C=O) groups excluding carboxylic acids is 2. The number of hydrogen-bond acceptors (Lipinski definition) is 5. The van der Waals surface area contributed by atoms with Crippen molar-refractivity contribution in [2.24, 2.45) is 9.98 Å². The van der Waals surface area contributed by atoms with E-state index < -0.39 is 17.3 Å². The van der Waals surface area contributed by atoms with Crippen molar-refractivity contribution in [1.29, 1.82) is 0 Å². The molecule has 7 nitrogen and oxygen atoms in total. The average Bonchev–Trinajstić information content (AvgIpc) is 3.36. The number of benzene rings is 2. The average molecular weight is 460 g/mol. The van der Waals surface area contributed by atoms with E-state index in [2.05, 4.69) is 15.2 Å². The molecule has 0 bridgehead atoms. The minimum Gasteiger partial charge on any atom is -0.336 e. The van der Waals surface area contributed by atoms with Gasteiger partial charge in [-0.3, -0.25) is 19.6 Å². The highest BCUT2D eigenvalue weighted by Crippen LogP contribution is 2.38. The van der Waals surface area contributed by atoms with Gasteiger partial charge in [0.15, 0.2) is 0 Å². The molecule has 3 aliphatic heterocycles. The van der Waals surface area contributed by atoms with Gasteiger partial charge in [0, 0.05) is 44.3 Å². The Morgan fingerprint density at radius 2 is 1.88 bits per heavy atom. The second-order valence-corrected chi connectivity index (χ2v) is 9.08. The van der Waals surface area contributed by atoms with Gasteiger partial charge in [-0.15, -0.1) is 0 Å². The molecule has 3 heterocycles. The first-order chi connectivity index (χ1) is 16.4. The van der Waals surface area contributed by atoms with Gasteiger partial charge in [-0.2, -0.15) is 0 Å². The van der Waals surface area contributed by atoms with Crippen molar-refractivity contribution in [2.75, 3.05) is 38.5 Å². The number of rotatable bonds is 4. The van der Waals surface area contributed by atoms with E-state index >= 15 is 0 Å². The van der Waals surface area contributed by atoms with Crippen LogP contribution < -0.4 is 5.32 Å². The zero-order valence-electron chi connectivity index (χ0n) is 19.2. The Morgan fingerprint density at radius 1 is 1.15 bits per heavy atom. The van der Waals surface area contributed by atoms with E-state index in [1.807, 2.05) is 49.2 Å².